The molecule has 0 atom stereocenters. The van der Waals surface area contributed by atoms with E-state index in [9.17, 15) is 4.79 Å². The lowest BCUT2D eigenvalue weighted by Crippen LogP contribution is -2.12. The van der Waals surface area contributed by atoms with Gasteiger partial charge in [0.2, 0.25) is 0 Å². The Balaban J connectivity index is 2.10. The van der Waals surface area contributed by atoms with Gasteiger partial charge in [0, 0.05) is 24.5 Å². The lowest BCUT2D eigenvalue weighted by Gasteiger charge is -2.09. The molecule has 0 aliphatic heterocycles. The highest BCUT2D eigenvalue weighted by atomic mass is 35.5. The van der Waals surface area contributed by atoms with E-state index in [0.29, 0.717) is 22.0 Å². The zero-order valence-corrected chi connectivity index (χ0v) is 12.6. The zero-order chi connectivity index (χ0) is 15.2. The molecular formula is C15H16ClN3O2. The van der Waals surface area contributed by atoms with Crippen LogP contribution in [-0.2, 0) is 0 Å². The first-order chi connectivity index (χ1) is 10.1. The van der Waals surface area contributed by atoms with Gasteiger partial charge in [-0.15, -0.1) is 0 Å². The molecule has 0 fully saturated rings. The number of carbonyl (C=O) groups excluding carboxylic acids is 1. The Morgan fingerprint density at radius 2 is 2.14 bits per heavy atom. The van der Waals surface area contributed by atoms with E-state index >= 15 is 0 Å². The van der Waals surface area contributed by atoms with Crippen LogP contribution in [-0.4, -0.2) is 24.5 Å². The monoisotopic (exact) mass is 305 g/mol. The van der Waals surface area contributed by atoms with E-state index in [1.807, 2.05) is 6.92 Å². The van der Waals surface area contributed by atoms with Crippen LogP contribution in [0.25, 0.3) is 0 Å². The number of nitrogens with zero attached hydrogens (tertiary/aromatic N) is 1. The summed E-state index contributed by atoms with van der Waals surface area (Å²) in [5.41, 5.74) is 1.09. The van der Waals surface area contributed by atoms with Gasteiger partial charge in [-0.25, -0.2) is 4.98 Å². The van der Waals surface area contributed by atoms with Gasteiger partial charge in [0.05, 0.1) is 17.7 Å². The number of aromatic nitrogens is 1. The fourth-order valence-electron chi connectivity index (χ4n) is 1.75. The van der Waals surface area contributed by atoms with Gasteiger partial charge in [-0.3, -0.25) is 4.79 Å². The third-order valence-corrected chi connectivity index (χ3v) is 3.10. The first-order valence-corrected chi connectivity index (χ1v) is 6.86. The summed E-state index contributed by atoms with van der Waals surface area (Å²) in [5, 5.41) is 6.34. The lowest BCUT2D eigenvalue weighted by atomic mass is 10.2. The Labute approximate surface area is 128 Å². The number of rotatable bonds is 5. The maximum atomic E-state index is 12.1. The molecule has 1 aromatic carbocycles. The van der Waals surface area contributed by atoms with Gasteiger partial charge in [-0.05, 0) is 31.2 Å². The van der Waals surface area contributed by atoms with E-state index in [4.69, 9.17) is 16.3 Å². The van der Waals surface area contributed by atoms with Crippen molar-refractivity contribution in [2.75, 3.05) is 24.3 Å². The second kappa shape index (κ2) is 6.95. The van der Waals surface area contributed by atoms with Crippen LogP contribution in [0.1, 0.15) is 17.3 Å². The molecule has 2 aromatic rings. The molecule has 110 valence electrons. The molecule has 2 rings (SSSR count). The van der Waals surface area contributed by atoms with Gasteiger partial charge in [0.25, 0.3) is 5.91 Å². The number of halogens is 1. The summed E-state index contributed by atoms with van der Waals surface area (Å²) >= 11 is 5.94. The second-order valence-corrected chi connectivity index (χ2v) is 4.67. The smallest absolute Gasteiger partial charge is 0.257 e. The van der Waals surface area contributed by atoms with Crippen molar-refractivity contribution in [3.05, 3.63) is 47.1 Å². The molecule has 1 aromatic heterocycles. The Kier molecular flexibility index (Phi) is 5.00. The first-order valence-electron chi connectivity index (χ1n) is 6.49. The fraction of sp³-hybridized carbons (Fsp3) is 0.200. The highest BCUT2D eigenvalue weighted by Gasteiger charge is 2.08. The number of anilines is 2. The molecule has 0 unspecified atom stereocenters. The Bertz CT molecular complexity index is 629. The number of benzene rings is 1. The zero-order valence-electron chi connectivity index (χ0n) is 11.8. The van der Waals surface area contributed by atoms with Crippen molar-refractivity contribution < 1.29 is 9.53 Å². The molecule has 1 amide bonds. The van der Waals surface area contributed by atoms with Gasteiger partial charge in [0.15, 0.2) is 0 Å². The summed E-state index contributed by atoms with van der Waals surface area (Å²) in [5.74, 6) is 1.01. The van der Waals surface area contributed by atoms with Crippen molar-refractivity contribution >= 4 is 29.0 Å². The standard InChI is InChI=1S/C15H16ClN3O2/c1-3-17-14-7-4-10(9-18-14)15(20)19-11-5-6-12(16)13(8-11)21-2/h4-9H,3H2,1-2H3,(H,17,18)(H,19,20). The van der Waals surface area contributed by atoms with E-state index < -0.39 is 0 Å². The first kappa shape index (κ1) is 15.1. The maximum Gasteiger partial charge on any atom is 0.257 e. The molecule has 21 heavy (non-hydrogen) atoms. The van der Waals surface area contributed by atoms with Crippen molar-refractivity contribution in [2.45, 2.75) is 6.92 Å². The van der Waals surface area contributed by atoms with Crippen LogP contribution in [0.3, 0.4) is 0 Å². The largest absolute Gasteiger partial charge is 0.495 e. The van der Waals surface area contributed by atoms with Gasteiger partial charge < -0.3 is 15.4 Å². The van der Waals surface area contributed by atoms with Crippen LogP contribution in [0.15, 0.2) is 36.5 Å². The molecule has 0 aliphatic carbocycles. The van der Waals surface area contributed by atoms with Crippen molar-refractivity contribution in [2.24, 2.45) is 0 Å². The minimum atomic E-state index is -0.241. The van der Waals surface area contributed by atoms with E-state index in [0.717, 1.165) is 12.4 Å². The Morgan fingerprint density at radius 1 is 1.33 bits per heavy atom. The van der Waals surface area contributed by atoms with Crippen LogP contribution in [0.4, 0.5) is 11.5 Å². The van der Waals surface area contributed by atoms with Crippen LogP contribution < -0.4 is 15.4 Å². The average molecular weight is 306 g/mol. The van der Waals surface area contributed by atoms with Crippen LogP contribution in [0.2, 0.25) is 5.02 Å². The predicted molar refractivity (Wildman–Crippen MR) is 84.4 cm³/mol. The topological polar surface area (TPSA) is 63.2 Å². The average Bonchev–Trinajstić information content (AvgIpc) is 2.50. The number of carbonyl (C=O) groups is 1. The van der Waals surface area contributed by atoms with Gasteiger partial charge in [-0.2, -0.15) is 0 Å². The summed E-state index contributed by atoms with van der Waals surface area (Å²) in [6.07, 6.45) is 1.53. The quantitative estimate of drug-likeness (QED) is 0.888. The molecule has 0 spiro atoms. The summed E-state index contributed by atoms with van der Waals surface area (Å²) in [6.45, 7) is 2.76. The van der Waals surface area contributed by atoms with Crippen molar-refractivity contribution in [1.82, 2.24) is 4.98 Å². The molecule has 0 bridgehead atoms. The number of methoxy groups -OCH3 is 1. The molecule has 0 aliphatic rings. The summed E-state index contributed by atoms with van der Waals surface area (Å²) in [7, 11) is 1.52. The fourth-order valence-corrected chi connectivity index (χ4v) is 1.95. The van der Waals surface area contributed by atoms with E-state index in [-0.39, 0.29) is 5.91 Å². The third-order valence-electron chi connectivity index (χ3n) is 2.79. The summed E-state index contributed by atoms with van der Waals surface area (Å²) < 4.78 is 5.11. The molecule has 5 nitrogen and oxygen atoms in total. The number of hydrogen-bond acceptors (Lipinski definition) is 4. The van der Waals surface area contributed by atoms with Crippen molar-refractivity contribution in [1.29, 1.82) is 0 Å². The Morgan fingerprint density at radius 3 is 2.76 bits per heavy atom. The van der Waals surface area contributed by atoms with E-state index in [1.54, 1.807) is 30.3 Å². The summed E-state index contributed by atoms with van der Waals surface area (Å²) in [4.78, 5) is 16.3. The van der Waals surface area contributed by atoms with Crippen molar-refractivity contribution in [3.63, 3.8) is 0 Å². The van der Waals surface area contributed by atoms with Crippen LogP contribution in [0, 0.1) is 0 Å². The van der Waals surface area contributed by atoms with Crippen molar-refractivity contribution in [3.8, 4) is 5.75 Å². The highest BCUT2D eigenvalue weighted by molar-refractivity contribution is 6.32. The molecule has 1 heterocycles. The minimum absolute atomic E-state index is 0.241. The SMILES string of the molecule is CCNc1ccc(C(=O)Nc2ccc(Cl)c(OC)c2)cn1. The van der Waals surface area contributed by atoms with E-state index in [1.165, 1.54) is 13.3 Å². The maximum absolute atomic E-state index is 12.1. The van der Waals surface area contributed by atoms with Gasteiger partial charge in [-0.1, -0.05) is 11.6 Å². The molecule has 0 saturated carbocycles. The molecule has 2 N–H and O–H groups in total. The lowest BCUT2D eigenvalue weighted by molar-refractivity contribution is 0.102. The normalized spacial score (nSPS) is 10.0. The molecule has 0 radical (unpaired) electrons. The number of ether oxygens (including phenoxy) is 1. The van der Waals surface area contributed by atoms with Crippen LogP contribution in [0.5, 0.6) is 5.75 Å². The number of hydrogen-bond donors (Lipinski definition) is 2. The van der Waals surface area contributed by atoms with Gasteiger partial charge in [0.1, 0.15) is 11.6 Å². The molecule has 6 heteroatoms. The number of pyridine rings is 1. The molecule has 0 saturated heterocycles. The third kappa shape index (κ3) is 3.86. The number of nitrogens with one attached hydrogen (secondary N) is 2. The predicted octanol–water partition coefficient (Wildman–Crippen LogP) is 3.43. The minimum Gasteiger partial charge on any atom is -0.495 e. The Hall–Kier alpha value is -2.27. The molecular weight excluding hydrogens is 290 g/mol. The second-order valence-electron chi connectivity index (χ2n) is 4.27. The number of amides is 1. The highest BCUT2D eigenvalue weighted by Crippen LogP contribution is 2.27. The van der Waals surface area contributed by atoms with Crippen LogP contribution >= 0.6 is 11.6 Å². The van der Waals surface area contributed by atoms with Gasteiger partial charge >= 0.3 is 0 Å². The summed E-state index contributed by atoms with van der Waals surface area (Å²) in [6, 6.07) is 8.53. The van der Waals surface area contributed by atoms with E-state index in [2.05, 4.69) is 15.6 Å².